The second-order valence-corrected chi connectivity index (χ2v) is 2.22. The normalized spacial score (nSPS) is 24.8. The fourth-order valence-electron chi connectivity index (χ4n) is 0.807. The van der Waals surface area contributed by atoms with Crippen LogP contribution in [0, 0.1) is 0 Å². The van der Waals surface area contributed by atoms with Crippen LogP contribution < -0.4 is 5.32 Å². The van der Waals surface area contributed by atoms with Gasteiger partial charge in [0, 0.05) is 6.04 Å². The molecule has 1 saturated heterocycles. The lowest BCUT2D eigenvalue weighted by atomic mass is 10.0. The number of hydrogen-bond donors (Lipinski definition) is 1. The molecule has 1 atom stereocenters. The summed E-state index contributed by atoms with van der Waals surface area (Å²) in [7, 11) is 1.42. The van der Waals surface area contributed by atoms with E-state index in [0.29, 0.717) is 12.5 Å². The van der Waals surface area contributed by atoms with Crippen LogP contribution in [0.1, 0.15) is 12.8 Å². The molecule has 0 bridgehead atoms. The highest BCUT2D eigenvalue weighted by Gasteiger charge is 2.19. The predicted octanol–water partition coefficient (Wildman–Crippen LogP) is -0.0886. The van der Waals surface area contributed by atoms with Crippen molar-refractivity contribution in [1.82, 2.24) is 5.32 Å². The van der Waals surface area contributed by atoms with Crippen LogP contribution in [-0.4, -0.2) is 25.7 Å². The summed E-state index contributed by atoms with van der Waals surface area (Å²) in [5.41, 5.74) is 0. The Balaban J connectivity index is 2.09. The molecule has 52 valence electrons. The van der Waals surface area contributed by atoms with Gasteiger partial charge in [0.2, 0.25) is 0 Å². The average molecular weight is 129 g/mol. The van der Waals surface area contributed by atoms with Crippen LogP contribution in [0.25, 0.3) is 0 Å². The minimum atomic E-state index is -0.118. The van der Waals surface area contributed by atoms with Gasteiger partial charge in [0.1, 0.15) is 0 Å². The van der Waals surface area contributed by atoms with Gasteiger partial charge in [-0.1, -0.05) is 0 Å². The molecule has 1 aliphatic heterocycles. The van der Waals surface area contributed by atoms with E-state index in [0.717, 1.165) is 13.0 Å². The molecule has 1 aliphatic rings. The lowest BCUT2D eigenvalue weighted by Crippen LogP contribution is -2.44. The molecule has 0 radical (unpaired) electrons. The lowest BCUT2D eigenvalue weighted by Gasteiger charge is -2.26. The first-order chi connectivity index (χ1) is 4.33. The first-order valence-corrected chi connectivity index (χ1v) is 3.13. The Morgan fingerprint density at radius 1 is 1.89 bits per heavy atom. The molecule has 3 nitrogen and oxygen atoms in total. The Morgan fingerprint density at radius 2 is 2.56 bits per heavy atom. The summed E-state index contributed by atoms with van der Waals surface area (Å²) in [6.07, 6.45) is 1.63. The summed E-state index contributed by atoms with van der Waals surface area (Å²) in [6.45, 7) is 1.04. The molecular weight excluding hydrogens is 118 g/mol. The molecule has 3 heteroatoms. The summed E-state index contributed by atoms with van der Waals surface area (Å²) in [5, 5.41) is 3.11. The maximum atomic E-state index is 10.6. The summed E-state index contributed by atoms with van der Waals surface area (Å²) >= 11 is 0. The fourth-order valence-corrected chi connectivity index (χ4v) is 0.807. The lowest BCUT2D eigenvalue weighted by molar-refractivity contribution is -0.141. The van der Waals surface area contributed by atoms with Crippen molar-refractivity contribution in [2.75, 3.05) is 13.7 Å². The molecule has 0 aromatic carbocycles. The van der Waals surface area contributed by atoms with Gasteiger partial charge in [-0.05, 0) is 13.0 Å². The maximum absolute atomic E-state index is 10.6. The van der Waals surface area contributed by atoms with Crippen LogP contribution in [0.4, 0.5) is 0 Å². The molecule has 1 rings (SSSR count). The maximum Gasteiger partial charge on any atom is 0.307 e. The highest BCUT2D eigenvalue weighted by molar-refractivity contribution is 5.70. The monoisotopic (exact) mass is 129 g/mol. The molecule has 0 spiro atoms. The van der Waals surface area contributed by atoms with E-state index in [1.54, 1.807) is 0 Å². The van der Waals surface area contributed by atoms with Crippen molar-refractivity contribution in [3.63, 3.8) is 0 Å². The van der Waals surface area contributed by atoms with Crippen LogP contribution in [0.2, 0.25) is 0 Å². The molecule has 9 heavy (non-hydrogen) atoms. The van der Waals surface area contributed by atoms with Crippen LogP contribution in [0.5, 0.6) is 0 Å². The van der Waals surface area contributed by atoms with E-state index in [4.69, 9.17) is 0 Å². The van der Waals surface area contributed by atoms with Crippen LogP contribution >= 0.6 is 0 Å². The zero-order chi connectivity index (χ0) is 6.69. The van der Waals surface area contributed by atoms with E-state index < -0.39 is 0 Å². The number of carbonyl (C=O) groups is 1. The molecule has 1 unspecified atom stereocenters. The highest BCUT2D eigenvalue weighted by atomic mass is 16.5. The Kier molecular flexibility index (Phi) is 2.05. The fraction of sp³-hybridized carbons (Fsp3) is 0.833. The third-order valence-electron chi connectivity index (χ3n) is 1.57. The van der Waals surface area contributed by atoms with Crippen LogP contribution in [0.15, 0.2) is 0 Å². The number of esters is 1. The van der Waals surface area contributed by atoms with Gasteiger partial charge in [0.25, 0.3) is 0 Å². The predicted molar refractivity (Wildman–Crippen MR) is 33.0 cm³/mol. The summed E-state index contributed by atoms with van der Waals surface area (Å²) in [6, 6.07) is 0.387. The van der Waals surface area contributed by atoms with Crippen molar-refractivity contribution in [2.24, 2.45) is 0 Å². The summed E-state index contributed by atoms with van der Waals surface area (Å²) < 4.78 is 4.48. The van der Waals surface area contributed by atoms with Crippen molar-refractivity contribution < 1.29 is 9.53 Å². The van der Waals surface area contributed by atoms with E-state index in [1.807, 2.05) is 0 Å². The number of rotatable bonds is 2. The summed E-state index contributed by atoms with van der Waals surface area (Å²) in [4.78, 5) is 10.6. The number of carbonyl (C=O) groups excluding carboxylic acids is 1. The Bertz CT molecular complexity index is 110. The number of methoxy groups -OCH3 is 1. The van der Waals surface area contributed by atoms with Gasteiger partial charge in [0.15, 0.2) is 0 Å². The van der Waals surface area contributed by atoms with Gasteiger partial charge in [-0.2, -0.15) is 0 Å². The van der Waals surface area contributed by atoms with Gasteiger partial charge in [-0.25, -0.2) is 0 Å². The quantitative estimate of drug-likeness (QED) is 0.529. The smallest absolute Gasteiger partial charge is 0.307 e. The zero-order valence-electron chi connectivity index (χ0n) is 5.52. The number of ether oxygens (including phenoxy) is 1. The molecule has 1 fully saturated rings. The highest BCUT2D eigenvalue weighted by Crippen LogP contribution is 2.06. The summed E-state index contributed by atoms with van der Waals surface area (Å²) in [5.74, 6) is -0.118. The second-order valence-electron chi connectivity index (χ2n) is 2.22. The van der Waals surface area contributed by atoms with E-state index in [9.17, 15) is 4.79 Å². The van der Waals surface area contributed by atoms with Crippen LogP contribution in [0.3, 0.4) is 0 Å². The second kappa shape index (κ2) is 2.82. The van der Waals surface area contributed by atoms with E-state index >= 15 is 0 Å². The third kappa shape index (κ3) is 1.68. The van der Waals surface area contributed by atoms with Gasteiger partial charge < -0.3 is 10.1 Å². The van der Waals surface area contributed by atoms with Gasteiger partial charge in [0.05, 0.1) is 13.5 Å². The van der Waals surface area contributed by atoms with Crippen molar-refractivity contribution >= 4 is 5.97 Å². The Hall–Kier alpha value is -0.570. The van der Waals surface area contributed by atoms with Crippen LogP contribution in [-0.2, 0) is 9.53 Å². The molecule has 0 aliphatic carbocycles. The van der Waals surface area contributed by atoms with Crippen molar-refractivity contribution in [3.05, 3.63) is 0 Å². The van der Waals surface area contributed by atoms with Crippen molar-refractivity contribution in [2.45, 2.75) is 18.9 Å². The van der Waals surface area contributed by atoms with Gasteiger partial charge in [-0.3, -0.25) is 4.79 Å². The van der Waals surface area contributed by atoms with E-state index in [2.05, 4.69) is 10.1 Å². The van der Waals surface area contributed by atoms with Crippen molar-refractivity contribution in [3.8, 4) is 0 Å². The average Bonchev–Trinajstić information content (AvgIpc) is 1.78. The minimum Gasteiger partial charge on any atom is -0.469 e. The molecule has 0 saturated carbocycles. The number of hydrogen-bond acceptors (Lipinski definition) is 3. The number of nitrogens with one attached hydrogen (secondary N) is 1. The van der Waals surface area contributed by atoms with Crippen molar-refractivity contribution in [1.29, 1.82) is 0 Å². The topological polar surface area (TPSA) is 38.3 Å². The standard InChI is InChI=1S/C6H11NO2/c1-9-6(8)4-5-2-3-7-5/h5,7H,2-4H2,1H3. The van der Waals surface area contributed by atoms with E-state index in [1.165, 1.54) is 7.11 Å². The SMILES string of the molecule is COC(=O)CC1CCN1. The first kappa shape index (κ1) is 6.55. The minimum absolute atomic E-state index is 0.118. The third-order valence-corrected chi connectivity index (χ3v) is 1.57. The first-order valence-electron chi connectivity index (χ1n) is 3.13. The molecule has 0 amide bonds. The molecule has 0 aromatic rings. The van der Waals surface area contributed by atoms with E-state index in [-0.39, 0.29) is 5.97 Å². The molecule has 0 aromatic heterocycles. The molecule has 1 heterocycles. The molecular formula is C6H11NO2. The molecule has 1 N–H and O–H groups in total. The Morgan fingerprint density at radius 3 is 2.89 bits per heavy atom. The van der Waals surface area contributed by atoms with Gasteiger partial charge >= 0.3 is 5.97 Å². The zero-order valence-corrected chi connectivity index (χ0v) is 5.52. The Labute approximate surface area is 54.4 Å². The van der Waals surface area contributed by atoms with Gasteiger partial charge in [-0.15, -0.1) is 0 Å². The largest absolute Gasteiger partial charge is 0.469 e.